The molecule has 5 heteroatoms. The lowest BCUT2D eigenvalue weighted by molar-refractivity contribution is 0.0927. The van der Waals surface area contributed by atoms with Gasteiger partial charge in [0.2, 0.25) is 0 Å². The molecule has 0 aliphatic rings. The number of nitrogens with one attached hydrogen (secondary N) is 1. The highest BCUT2D eigenvalue weighted by atomic mass is 16.5. The van der Waals surface area contributed by atoms with Crippen molar-refractivity contribution in [1.29, 1.82) is 0 Å². The predicted molar refractivity (Wildman–Crippen MR) is 73.4 cm³/mol. The minimum atomic E-state index is -0.693. The normalized spacial score (nSPS) is 12.7. The maximum Gasteiger partial charge on any atom is 0.122 e. The van der Waals surface area contributed by atoms with Gasteiger partial charge in [0.25, 0.3) is 0 Å². The Balaban J connectivity index is 2.35. The molecule has 0 aliphatic carbocycles. The molecule has 0 fully saturated rings. The van der Waals surface area contributed by atoms with Crippen LogP contribution >= 0.6 is 0 Å². The van der Waals surface area contributed by atoms with E-state index in [4.69, 9.17) is 14.9 Å². The van der Waals surface area contributed by atoms with Crippen molar-refractivity contribution in [2.75, 3.05) is 26.4 Å². The zero-order valence-electron chi connectivity index (χ0n) is 11.5. The van der Waals surface area contributed by atoms with E-state index in [0.717, 1.165) is 11.3 Å². The van der Waals surface area contributed by atoms with E-state index in [1.807, 2.05) is 32.0 Å². The molecule has 0 spiro atoms. The first-order chi connectivity index (χ1) is 9.06. The molecule has 1 aromatic rings. The van der Waals surface area contributed by atoms with Crippen LogP contribution in [0.5, 0.6) is 5.75 Å². The molecule has 19 heavy (non-hydrogen) atoms. The summed E-state index contributed by atoms with van der Waals surface area (Å²) in [7, 11) is 0. The van der Waals surface area contributed by atoms with Crippen LogP contribution in [-0.4, -0.2) is 53.8 Å². The SMILES string of the molecule is Cc1ccc(OCC(O)CNC(CO)CO)c(C)c1. The van der Waals surface area contributed by atoms with Crippen molar-refractivity contribution in [3.63, 3.8) is 0 Å². The second-order valence-corrected chi connectivity index (χ2v) is 4.70. The Kier molecular flexibility index (Phi) is 6.80. The van der Waals surface area contributed by atoms with Crippen LogP contribution in [0, 0.1) is 13.8 Å². The van der Waals surface area contributed by atoms with Gasteiger partial charge in [0.05, 0.1) is 19.3 Å². The Labute approximate surface area is 113 Å². The predicted octanol–water partition coefficient (Wildman–Crippen LogP) is -0.0141. The van der Waals surface area contributed by atoms with E-state index >= 15 is 0 Å². The fourth-order valence-corrected chi connectivity index (χ4v) is 1.70. The van der Waals surface area contributed by atoms with E-state index < -0.39 is 12.1 Å². The van der Waals surface area contributed by atoms with Gasteiger partial charge in [-0.3, -0.25) is 0 Å². The molecule has 0 saturated heterocycles. The van der Waals surface area contributed by atoms with Crippen LogP contribution in [0.4, 0.5) is 0 Å². The Bertz CT molecular complexity index is 380. The lowest BCUT2D eigenvalue weighted by atomic mass is 10.1. The molecule has 0 radical (unpaired) electrons. The number of hydrogen-bond acceptors (Lipinski definition) is 5. The van der Waals surface area contributed by atoms with E-state index in [-0.39, 0.29) is 26.4 Å². The molecule has 108 valence electrons. The summed E-state index contributed by atoms with van der Waals surface area (Å²) in [5.41, 5.74) is 2.20. The molecule has 1 unspecified atom stereocenters. The first-order valence-corrected chi connectivity index (χ1v) is 6.40. The minimum absolute atomic E-state index is 0.166. The fourth-order valence-electron chi connectivity index (χ4n) is 1.70. The number of benzene rings is 1. The Morgan fingerprint density at radius 3 is 2.47 bits per heavy atom. The molecule has 0 amide bonds. The highest BCUT2D eigenvalue weighted by Gasteiger charge is 2.10. The monoisotopic (exact) mass is 269 g/mol. The van der Waals surface area contributed by atoms with Gasteiger partial charge in [-0.15, -0.1) is 0 Å². The number of hydrogen-bond donors (Lipinski definition) is 4. The highest BCUT2D eigenvalue weighted by Crippen LogP contribution is 2.18. The van der Waals surface area contributed by atoms with Crippen LogP contribution < -0.4 is 10.1 Å². The van der Waals surface area contributed by atoms with Crippen molar-refractivity contribution >= 4 is 0 Å². The maximum atomic E-state index is 9.75. The summed E-state index contributed by atoms with van der Waals surface area (Å²) >= 11 is 0. The molecule has 1 aromatic carbocycles. The topological polar surface area (TPSA) is 82.0 Å². The average Bonchev–Trinajstić information content (AvgIpc) is 2.39. The molecule has 4 N–H and O–H groups in total. The maximum absolute atomic E-state index is 9.75. The van der Waals surface area contributed by atoms with Crippen molar-refractivity contribution in [2.24, 2.45) is 0 Å². The minimum Gasteiger partial charge on any atom is -0.491 e. The van der Waals surface area contributed by atoms with Crippen LogP contribution in [0.1, 0.15) is 11.1 Å². The van der Waals surface area contributed by atoms with Crippen LogP contribution in [0.25, 0.3) is 0 Å². The van der Waals surface area contributed by atoms with Gasteiger partial charge >= 0.3 is 0 Å². The third kappa shape index (κ3) is 5.57. The van der Waals surface area contributed by atoms with Crippen molar-refractivity contribution in [2.45, 2.75) is 26.0 Å². The van der Waals surface area contributed by atoms with Crippen molar-refractivity contribution in [3.05, 3.63) is 29.3 Å². The summed E-state index contributed by atoms with van der Waals surface area (Å²) in [6.45, 7) is 4.07. The van der Waals surface area contributed by atoms with E-state index in [2.05, 4.69) is 5.32 Å². The lowest BCUT2D eigenvalue weighted by Gasteiger charge is -2.18. The molecule has 1 atom stereocenters. The number of aryl methyl sites for hydroxylation is 2. The van der Waals surface area contributed by atoms with E-state index in [1.165, 1.54) is 5.56 Å². The van der Waals surface area contributed by atoms with Gasteiger partial charge in [-0.25, -0.2) is 0 Å². The molecule has 0 aromatic heterocycles. The van der Waals surface area contributed by atoms with Gasteiger partial charge in [0.15, 0.2) is 0 Å². The van der Waals surface area contributed by atoms with Gasteiger partial charge in [0.1, 0.15) is 18.5 Å². The molecule has 0 heterocycles. The summed E-state index contributed by atoms with van der Waals surface area (Å²) in [5.74, 6) is 0.755. The second-order valence-electron chi connectivity index (χ2n) is 4.70. The Morgan fingerprint density at radius 1 is 1.21 bits per heavy atom. The second kappa shape index (κ2) is 8.12. The van der Waals surface area contributed by atoms with E-state index in [1.54, 1.807) is 0 Å². The fraction of sp³-hybridized carbons (Fsp3) is 0.571. The van der Waals surface area contributed by atoms with Crippen molar-refractivity contribution in [1.82, 2.24) is 5.32 Å². The number of aliphatic hydroxyl groups is 3. The zero-order chi connectivity index (χ0) is 14.3. The molecular weight excluding hydrogens is 246 g/mol. The summed E-state index contributed by atoms with van der Waals surface area (Å²) in [5, 5.41) is 30.3. The smallest absolute Gasteiger partial charge is 0.122 e. The van der Waals surface area contributed by atoms with Crippen LogP contribution in [0.2, 0.25) is 0 Å². The molecule has 0 saturated carbocycles. The zero-order valence-corrected chi connectivity index (χ0v) is 11.5. The summed E-state index contributed by atoms with van der Waals surface area (Å²) in [6.07, 6.45) is -0.693. The summed E-state index contributed by atoms with van der Waals surface area (Å²) in [6, 6.07) is 5.46. The van der Waals surface area contributed by atoms with Crippen molar-refractivity contribution in [3.8, 4) is 5.75 Å². The summed E-state index contributed by atoms with van der Waals surface area (Å²) < 4.78 is 5.54. The molecule has 0 bridgehead atoms. The van der Waals surface area contributed by atoms with Crippen LogP contribution in [0.15, 0.2) is 18.2 Å². The third-order valence-electron chi connectivity index (χ3n) is 2.84. The first-order valence-electron chi connectivity index (χ1n) is 6.40. The molecule has 5 nitrogen and oxygen atoms in total. The van der Waals surface area contributed by atoms with Crippen molar-refractivity contribution < 1.29 is 20.1 Å². The Hall–Kier alpha value is -1.14. The summed E-state index contributed by atoms with van der Waals surface area (Å²) in [4.78, 5) is 0. The number of aliphatic hydroxyl groups excluding tert-OH is 3. The van der Waals surface area contributed by atoms with Gasteiger partial charge in [0, 0.05) is 6.54 Å². The van der Waals surface area contributed by atoms with E-state index in [9.17, 15) is 5.11 Å². The lowest BCUT2D eigenvalue weighted by Crippen LogP contribution is -2.41. The van der Waals surface area contributed by atoms with Gasteiger partial charge < -0.3 is 25.4 Å². The number of rotatable bonds is 8. The third-order valence-corrected chi connectivity index (χ3v) is 2.84. The van der Waals surface area contributed by atoms with Gasteiger partial charge in [-0.1, -0.05) is 17.7 Å². The quantitative estimate of drug-likeness (QED) is 0.533. The molecule has 1 rings (SSSR count). The standard InChI is InChI=1S/C14H23NO4/c1-10-3-4-14(11(2)5-10)19-9-13(18)6-15-12(7-16)8-17/h3-5,12-13,15-18H,6-9H2,1-2H3. The van der Waals surface area contributed by atoms with Gasteiger partial charge in [-0.05, 0) is 25.5 Å². The molecule has 0 aliphatic heterocycles. The average molecular weight is 269 g/mol. The number of ether oxygens (including phenoxy) is 1. The first kappa shape index (κ1) is 15.9. The van der Waals surface area contributed by atoms with Crippen LogP contribution in [-0.2, 0) is 0 Å². The van der Waals surface area contributed by atoms with Crippen LogP contribution in [0.3, 0.4) is 0 Å². The molecular formula is C14H23NO4. The highest BCUT2D eigenvalue weighted by molar-refractivity contribution is 5.35. The largest absolute Gasteiger partial charge is 0.491 e. The Morgan fingerprint density at radius 2 is 1.89 bits per heavy atom. The van der Waals surface area contributed by atoms with Gasteiger partial charge in [-0.2, -0.15) is 0 Å². The van der Waals surface area contributed by atoms with E-state index in [0.29, 0.717) is 0 Å².